The minimum absolute atomic E-state index is 0.557. The van der Waals surface area contributed by atoms with E-state index in [1.807, 2.05) is 0 Å². The average molecular weight is 279 g/mol. The van der Waals surface area contributed by atoms with Crippen LogP contribution in [0.15, 0.2) is 24.3 Å². The molecule has 0 heterocycles. The van der Waals surface area contributed by atoms with E-state index in [1.54, 1.807) is 24.3 Å². The van der Waals surface area contributed by atoms with E-state index in [-0.39, 0.29) is 0 Å². The van der Waals surface area contributed by atoms with Gasteiger partial charge in [0.2, 0.25) is 0 Å². The number of hydrogen-bond acceptors (Lipinski definition) is 1. The molecule has 15 heavy (non-hydrogen) atoms. The Balaban J connectivity index is 2.64. The van der Waals surface area contributed by atoms with Crippen LogP contribution in [0.2, 0.25) is 0 Å². The Morgan fingerprint density at radius 2 is 1.80 bits per heavy atom. The Kier molecular flexibility index (Phi) is 4.07. The summed E-state index contributed by atoms with van der Waals surface area (Å²) in [7, 11) is 1.52. The van der Waals surface area contributed by atoms with Crippen molar-refractivity contribution < 1.29 is 17.9 Å². The van der Waals surface area contributed by atoms with Gasteiger partial charge in [-0.1, -0.05) is 0 Å². The van der Waals surface area contributed by atoms with E-state index in [9.17, 15) is 13.2 Å². The third kappa shape index (κ3) is 4.78. The molecule has 0 bridgehead atoms. The zero-order valence-electron chi connectivity index (χ0n) is 7.76. The summed E-state index contributed by atoms with van der Waals surface area (Å²) in [5, 5.41) is -4.16. The first-order chi connectivity index (χ1) is 7.01. The maximum absolute atomic E-state index is 11.8. The molecule has 0 spiro atoms. The van der Waals surface area contributed by atoms with E-state index in [0.717, 1.165) is 0 Å². The Morgan fingerprint density at radius 1 is 1.20 bits per heavy atom. The van der Waals surface area contributed by atoms with E-state index < -0.39 is 20.0 Å². The molecular weight excluding hydrogens is 272 g/mol. The summed E-state index contributed by atoms with van der Waals surface area (Å²) in [6, 6.07) is 6.56. The standard InChI is InChI=1S/C10H7F3OSe/c1-14-9-4-2-8(3-5-9)6-7-15-10(11,12)13/h2-5H,1H3. The molecule has 1 aromatic rings. The molecule has 0 unspecified atom stereocenters. The van der Waals surface area contributed by atoms with Gasteiger partial charge in [-0.3, -0.25) is 0 Å². The van der Waals surface area contributed by atoms with Crippen molar-refractivity contribution in [3.63, 3.8) is 0 Å². The van der Waals surface area contributed by atoms with Gasteiger partial charge in [0.1, 0.15) is 0 Å². The van der Waals surface area contributed by atoms with E-state index in [2.05, 4.69) is 10.7 Å². The van der Waals surface area contributed by atoms with E-state index >= 15 is 0 Å². The second kappa shape index (κ2) is 5.11. The molecule has 5 heteroatoms. The van der Waals surface area contributed by atoms with Crippen LogP contribution in [0.4, 0.5) is 13.2 Å². The van der Waals surface area contributed by atoms with Crippen LogP contribution >= 0.6 is 0 Å². The number of alkyl halides is 3. The third-order valence-corrected chi connectivity index (χ3v) is 2.37. The number of rotatable bonds is 1. The van der Waals surface area contributed by atoms with Crippen molar-refractivity contribution in [2.75, 3.05) is 7.11 Å². The fraction of sp³-hybridized carbons (Fsp3) is 0.200. The molecule has 0 saturated heterocycles. The van der Waals surface area contributed by atoms with Crippen LogP contribution in [0.1, 0.15) is 5.56 Å². The molecule has 80 valence electrons. The van der Waals surface area contributed by atoms with Gasteiger partial charge in [-0.25, -0.2) is 0 Å². The van der Waals surface area contributed by atoms with E-state index in [1.165, 1.54) is 7.11 Å². The summed E-state index contributed by atoms with van der Waals surface area (Å²) in [5.41, 5.74) is 0.557. The van der Waals surface area contributed by atoms with Gasteiger partial charge in [-0.2, -0.15) is 0 Å². The summed E-state index contributed by atoms with van der Waals surface area (Å²) in [5.74, 6) is 3.11. The second-order valence-electron chi connectivity index (χ2n) is 2.50. The molecule has 1 aromatic carbocycles. The predicted molar refractivity (Wildman–Crippen MR) is 51.7 cm³/mol. The van der Waals surface area contributed by atoms with Gasteiger partial charge in [0.25, 0.3) is 0 Å². The quantitative estimate of drug-likeness (QED) is 0.566. The molecule has 0 N–H and O–H groups in total. The molecule has 1 nitrogen and oxygen atoms in total. The molecule has 1 rings (SSSR count). The van der Waals surface area contributed by atoms with Gasteiger partial charge in [0, 0.05) is 0 Å². The number of ether oxygens (including phenoxy) is 1. The molecular formula is C10H7F3OSe. The van der Waals surface area contributed by atoms with Gasteiger partial charge >= 0.3 is 91.4 Å². The fourth-order valence-electron chi connectivity index (χ4n) is 0.817. The van der Waals surface area contributed by atoms with Gasteiger partial charge in [-0.05, 0) is 0 Å². The molecule has 0 radical (unpaired) electrons. The van der Waals surface area contributed by atoms with Crippen molar-refractivity contribution in [2.45, 2.75) is 5.07 Å². The summed E-state index contributed by atoms with van der Waals surface area (Å²) >= 11 is -1.63. The van der Waals surface area contributed by atoms with Crippen molar-refractivity contribution in [3.05, 3.63) is 29.8 Å². The Labute approximate surface area is 91.8 Å². The van der Waals surface area contributed by atoms with Crippen molar-refractivity contribution in [3.8, 4) is 16.5 Å². The predicted octanol–water partition coefficient (Wildman–Crippen LogP) is 2.23. The van der Waals surface area contributed by atoms with Crippen LogP contribution in [0.25, 0.3) is 0 Å². The summed E-state index contributed by atoms with van der Waals surface area (Å²) in [6.45, 7) is 0. The second-order valence-corrected chi connectivity index (χ2v) is 4.33. The van der Waals surface area contributed by atoms with Crippen LogP contribution in [0.5, 0.6) is 5.75 Å². The number of benzene rings is 1. The monoisotopic (exact) mass is 280 g/mol. The first-order valence-corrected chi connectivity index (χ1v) is 5.62. The zero-order chi connectivity index (χ0) is 11.3. The van der Waals surface area contributed by atoms with Crippen LogP contribution in [0.3, 0.4) is 0 Å². The Morgan fingerprint density at radius 3 is 2.27 bits per heavy atom. The maximum atomic E-state index is 11.8. The molecule has 0 fully saturated rings. The number of methoxy groups -OCH3 is 1. The molecule has 0 amide bonds. The minimum atomic E-state index is -4.16. The summed E-state index contributed by atoms with van der Waals surface area (Å²) < 4.78 is 40.3. The zero-order valence-corrected chi connectivity index (χ0v) is 9.47. The van der Waals surface area contributed by atoms with Gasteiger partial charge in [0.15, 0.2) is 0 Å². The van der Waals surface area contributed by atoms with Gasteiger partial charge in [-0.15, -0.1) is 0 Å². The SMILES string of the molecule is COc1ccc(C#C[Se]C(F)(F)F)cc1. The van der Waals surface area contributed by atoms with Crippen LogP contribution in [-0.4, -0.2) is 27.1 Å². The van der Waals surface area contributed by atoms with Crippen molar-refractivity contribution in [1.82, 2.24) is 0 Å². The molecule has 0 aliphatic rings. The van der Waals surface area contributed by atoms with Crippen molar-refractivity contribution in [1.29, 1.82) is 0 Å². The Hall–Kier alpha value is -1.11. The molecule has 0 aromatic heterocycles. The summed E-state index contributed by atoms with van der Waals surface area (Å²) in [6.07, 6.45) is 0. The van der Waals surface area contributed by atoms with Gasteiger partial charge < -0.3 is 0 Å². The third-order valence-electron chi connectivity index (χ3n) is 1.45. The van der Waals surface area contributed by atoms with Crippen LogP contribution in [-0.2, 0) is 0 Å². The number of halogens is 3. The van der Waals surface area contributed by atoms with Crippen molar-refractivity contribution in [2.24, 2.45) is 0 Å². The van der Waals surface area contributed by atoms with Gasteiger partial charge in [0.05, 0.1) is 0 Å². The molecule has 0 aliphatic carbocycles. The van der Waals surface area contributed by atoms with E-state index in [4.69, 9.17) is 4.74 Å². The fourth-order valence-corrected chi connectivity index (χ4v) is 1.41. The van der Waals surface area contributed by atoms with Crippen molar-refractivity contribution >= 4 is 15.0 Å². The van der Waals surface area contributed by atoms with E-state index in [0.29, 0.717) is 11.3 Å². The molecule has 0 atom stereocenters. The first kappa shape index (κ1) is 12.0. The molecule has 0 aliphatic heterocycles. The first-order valence-electron chi connectivity index (χ1n) is 3.91. The average Bonchev–Trinajstić information content (AvgIpc) is 2.17. The normalized spacial score (nSPS) is 10.4. The Bertz CT molecular complexity index is 372. The van der Waals surface area contributed by atoms with Crippen LogP contribution < -0.4 is 4.74 Å². The summed E-state index contributed by atoms with van der Waals surface area (Å²) in [4.78, 5) is 2.13. The topological polar surface area (TPSA) is 9.23 Å². The molecule has 0 saturated carbocycles. The van der Waals surface area contributed by atoms with Crippen LogP contribution in [0, 0.1) is 10.7 Å². The number of hydrogen-bond donors (Lipinski definition) is 0.